The van der Waals surface area contributed by atoms with Crippen molar-refractivity contribution in [3.05, 3.63) is 53.9 Å². The topological polar surface area (TPSA) is 92.3 Å². The fourth-order valence-electron chi connectivity index (χ4n) is 2.93. The largest absolute Gasteiger partial charge is 0.490 e. The maximum Gasteiger partial charge on any atom is 0.490 e. The molecule has 2 aromatic rings. The van der Waals surface area contributed by atoms with Gasteiger partial charge in [-0.3, -0.25) is 0 Å². The Morgan fingerprint density at radius 1 is 1.10 bits per heavy atom. The molecule has 0 unspecified atom stereocenters. The number of hydrogen-bond donors (Lipinski definition) is 2. The molecule has 1 aliphatic rings. The average Bonchev–Trinajstić information content (AvgIpc) is 2.86. The Morgan fingerprint density at radius 3 is 2.31 bits per heavy atom. The van der Waals surface area contributed by atoms with E-state index in [1.165, 1.54) is 0 Å². The standard InChI is InChI=1S/C16H18F2N4.C2HF3O2/c17-14-4-1-3-13(15(14)18)11-5-6-12(19)10-22(9-11)16-20-7-2-8-21-16;3-2(4,5)1(6)7/h1-4,7-8,11-12H,5-6,9-10,19H2;(H,6,7)/t11-,12-;/m1./s1. The highest BCUT2D eigenvalue weighted by atomic mass is 19.4. The third-order valence-corrected chi connectivity index (χ3v) is 4.28. The van der Waals surface area contributed by atoms with Gasteiger partial charge in [-0.1, -0.05) is 12.1 Å². The van der Waals surface area contributed by atoms with E-state index in [0.29, 0.717) is 31.0 Å². The van der Waals surface area contributed by atoms with Crippen molar-refractivity contribution in [3.8, 4) is 0 Å². The van der Waals surface area contributed by atoms with E-state index in [1.54, 1.807) is 30.6 Å². The second kappa shape index (κ2) is 9.59. The van der Waals surface area contributed by atoms with Gasteiger partial charge in [0.2, 0.25) is 5.95 Å². The van der Waals surface area contributed by atoms with E-state index in [0.717, 1.165) is 12.5 Å². The van der Waals surface area contributed by atoms with Crippen LogP contribution < -0.4 is 10.6 Å². The van der Waals surface area contributed by atoms with Crippen molar-refractivity contribution in [2.75, 3.05) is 18.0 Å². The zero-order valence-electron chi connectivity index (χ0n) is 15.1. The van der Waals surface area contributed by atoms with E-state index in [4.69, 9.17) is 15.6 Å². The fraction of sp³-hybridized carbons (Fsp3) is 0.389. The van der Waals surface area contributed by atoms with Gasteiger partial charge in [0.1, 0.15) is 0 Å². The van der Waals surface area contributed by atoms with Crippen LogP contribution in [0.3, 0.4) is 0 Å². The highest BCUT2D eigenvalue weighted by Crippen LogP contribution is 2.30. The molecule has 0 bridgehead atoms. The van der Waals surface area contributed by atoms with Crippen LogP contribution in [0.1, 0.15) is 24.3 Å². The predicted octanol–water partition coefficient (Wildman–Crippen LogP) is 3.10. The van der Waals surface area contributed by atoms with Gasteiger partial charge in [0.05, 0.1) is 0 Å². The molecular weight excluding hydrogens is 399 g/mol. The third kappa shape index (κ3) is 6.34. The van der Waals surface area contributed by atoms with Crippen LogP contribution in [-0.2, 0) is 4.79 Å². The second-order valence-corrected chi connectivity index (χ2v) is 6.43. The summed E-state index contributed by atoms with van der Waals surface area (Å²) in [4.78, 5) is 19.3. The molecule has 0 aliphatic carbocycles. The second-order valence-electron chi connectivity index (χ2n) is 6.43. The number of carbonyl (C=O) groups is 1. The van der Waals surface area contributed by atoms with E-state index in [-0.39, 0.29) is 12.0 Å². The van der Waals surface area contributed by atoms with Gasteiger partial charge in [-0.2, -0.15) is 13.2 Å². The Bertz CT molecular complexity index is 820. The number of carboxylic acids is 1. The van der Waals surface area contributed by atoms with Gasteiger partial charge >= 0.3 is 12.1 Å². The van der Waals surface area contributed by atoms with Crippen LogP contribution in [0, 0.1) is 11.6 Å². The molecule has 11 heteroatoms. The summed E-state index contributed by atoms with van der Waals surface area (Å²) in [6, 6.07) is 6.03. The van der Waals surface area contributed by atoms with Crippen molar-refractivity contribution < 1.29 is 31.9 Å². The van der Waals surface area contributed by atoms with Gasteiger partial charge in [-0.25, -0.2) is 23.5 Å². The normalized spacial score (nSPS) is 19.7. The zero-order valence-corrected chi connectivity index (χ0v) is 15.1. The molecule has 3 rings (SSSR count). The SMILES string of the molecule is N[C@@H]1CC[C@@H](c2cccc(F)c2F)CN(c2ncccn2)C1.O=C(O)C(F)(F)F. The lowest BCUT2D eigenvalue weighted by Crippen LogP contribution is -2.37. The molecule has 1 fully saturated rings. The van der Waals surface area contributed by atoms with Crippen molar-refractivity contribution in [1.82, 2.24) is 9.97 Å². The summed E-state index contributed by atoms with van der Waals surface area (Å²) in [5, 5.41) is 7.12. The molecule has 0 radical (unpaired) electrons. The smallest absolute Gasteiger partial charge is 0.475 e. The van der Waals surface area contributed by atoms with E-state index in [9.17, 15) is 22.0 Å². The van der Waals surface area contributed by atoms with Gasteiger partial charge in [0.15, 0.2) is 11.6 Å². The van der Waals surface area contributed by atoms with Crippen LogP contribution >= 0.6 is 0 Å². The van der Waals surface area contributed by atoms with Crippen molar-refractivity contribution in [1.29, 1.82) is 0 Å². The average molecular weight is 418 g/mol. The number of halogens is 5. The lowest BCUT2D eigenvalue weighted by molar-refractivity contribution is -0.192. The Morgan fingerprint density at radius 2 is 1.72 bits per heavy atom. The Kier molecular flexibility index (Phi) is 7.43. The van der Waals surface area contributed by atoms with Crippen LogP contribution in [0.4, 0.5) is 27.9 Å². The van der Waals surface area contributed by atoms with Crippen LogP contribution in [0.5, 0.6) is 0 Å². The minimum atomic E-state index is -5.08. The summed E-state index contributed by atoms with van der Waals surface area (Å²) in [5.74, 6) is -3.90. The number of nitrogens with zero attached hydrogens (tertiary/aromatic N) is 3. The van der Waals surface area contributed by atoms with Gasteiger partial charge in [0, 0.05) is 37.4 Å². The van der Waals surface area contributed by atoms with Crippen molar-refractivity contribution in [2.24, 2.45) is 5.73 Å². The van der Waals surface area contributed by atoms with Crippen molar-refractivity contribution in [3.63, 3.8) is 0 Å². The monoisotopic (exact) mass is 418 g/mol. The first-order chi connectivity index (χ1) is 13.6. The van der Waals surface area contributed by atoms with Crippen LogP contribution in [-0.4, -0.2) is 46.4 Å². The third-order valence-electron chi connectivity index (χ3n) is 4.28. The number of aromatic nitrogens is 2. The maximum absolute atomic E-state index is 14.1. The first kappa shape index (κ1) is 22.5. The molecule has 0 amide bonds. The Balaban J connectivity index is 0.000000370. The molecule has 6 nitrogen and oxygen atoms in total. The van der Waals surface area contributed by atoms with E-state index >= 15 is 0 Å². The zero-order chi connectivity index (χ0) is 21.6. The van der Waals surface area contributed by atoms with Crippen molar-refractivity contribution >= 4 is 11.9 Å². The first-order valence-corrected chi connectivity index (χ1v) is 8.61. The van der Waals surface area contributed by atoms with Gasteiger partial charge < -0.3 is 15.7 Å². The number of nitrogens with two attached hydrogens (primary N) is 1. The summed E-state index contributed by atoms with van der Waals surface area (Å²) < 4.78 is 59.3. The first-order valence-electron chi connectivity index (χ1n) is 8.61. The lowest BCUT2D eigenvalue weighted by Gasteiger charge is -2.25. The lowest BCUT2D eigenvalue weighted by atomic mass is 9.93. The molecule has 2 heterocycles. The Hall–Kier alpha value is -2.82. The number of benzene rings is 1. The molecular formula is C18H19F5N4O2. The minimum absolute atomic E-state index is 0.0366. The van der Waals surface area contributed by atoms with Gasteiger partial charge in [-0.15, -0.1) is 0 Å². The summed E-state index contributed by atoms with van der Waals surface area (Å²) >= 11 is 0. The number of rotatable bonds is 2. The number of alkyl halides is 3. The maximum atomic E-state index is 14.1. The predicted molar refractivity (Wildman–Crippen MR) is 94.2 cm³/mol. The summed E-state index contributed by atoms with van der Waals surface area (Å²) in [6.07, 6.45) is -0.290. The van der Waals surface area contributed by atoms with E-state index < -0.39 is 23.8 Å². The molecule has 0 spiro atoms. The highest BCUT2D eigenvalue weighted by Gasteiger charge is 2.38. The summed E-state index contributed by atoms with van der Waals surface area (Å²) in [5.41, 5.74) is 6.50. The molecule has 29 heavy (non-hydrogen) atoms. The van der Waals surface area contributed by atoms with Crippen LogP contribution in [0.2, 0.25) is 0 Å². The van der Waals surface area contributed by atoms with Crippen LogP contribution in [0.25, 0.3) is 0 Å². The molecule has 1 aromatic heterocycles. The quantitative estimate of drug-likeness (QED) is 0.729. The number of carboxylic acid groups (broad SMARTS) is 1. The van der Waals surface area contributed by atoms with E-state index in [1.807, 2.05) is 4.90 Å². The molecule has 0 saturated carbocycles. The van der Waals surface area contributed by atoms with Gasteiger partial charge in [0.25, 0.3) is 0 Å². The minimum Gasteiger partial charge on any atom is -0.475 e. The molecule has 158 valence electrons. The van der Waals surface area contributed by atoms with Gasteiger partial charge in [-0.05, 0) is 30.5 Å². The summed E-state index contributed by atoms with van der Waals surface area (Å²) in [6.45, 7) is 1.13. The number of aliphatic carboxylic acids is 1. The summed E-state index contributed by atoms with van der Waals surface area (Å²) in [7, 11) is 0. The molecule has 1 saturated heterocycles. The molecule has 1 aliphatic heterocycles. The number of hydrogen-bond acceptors (Lipinski definition) is 5. The molecule has 2 atom stereocenters. The molecule has 1 aromatic carbocycles. The van der Waals surface area contributed by atoms with E-state index in [2.05, 4.69) is 9.97 Å². The highest BCUT2D eigenvalue weighted by molar-refractivity contribution is 5.73. The van der Waals surface area contributed by atoms with Crippen LogP contribution in [0.15, 0.2) is 36.7 Å². The van der Waals surface area contributed by atoms with Crippen molar-refractivity contribution in [2.45, 2.75) is 31.0 Å². The fourth-order valence-corrected chi connectivity index (χ4v) is 2.93. The number of anilines is 1. The molecule has 3 N–H and O–H groups in total. The Labute approximate surface area is 163 Å².